The molecule has 2 N–H and O–H groups in total. The van der Waals surface area contributed by atoms with E-state index < -0.39 is 11.4 Å². The molecule has 6 nitrogen and oxygen atoms in total. The molecular weight excluding hydrogens is 297 g/mol. The number of hydrogen-bond donors (Lipinski definition) is 1. The van der Waals surface area contributed by atoms with Gasteiger partial charge < -0.3 is 15.1 Å². The Hall–Kier alpha value is -2.22. The molecule has 0 spiro atoms. The van der Waals surface area contributed by atoms with E-state index in [1.807, 2.05) is 13.8 Å². The van der Waals surface area contributed by atoms with Gasteiger partial charge in [-0.2, -0.15) is 0 Å². The average molecular weight is 309 g/mol. The van der Waals surface area contributed by atoms with Crippen LogP contribution in [0.3, 0.4) is 0 Å². The van der Waals surface area contributed by atoms with Gasteiger partial charge in [0.2, 0.25) is 0 Å². The van der Waals surface area contributed by atoms with Gasteiger partial charge >= 0.3 is 0 Å². The van der Waals surface area contributed by atoms with Crippen LogP contribution in [0.15, 0.2) is 21.8 Å². The van der Waals surface area contributed by atoms with Gasteiger partial charge in [-0.15, -0.1) is 0 Å². The highest BCUT2D eigenvalue weighted by atomic mass is 32.1. The van der Waals surface area contributed by atoms with Crippen LogP contribution in [0.4, 0.5) is 10.1 Å². The van der Waals surface area contributed by atoms with Crippen LogP contribution in [0.2, 0.25) is 0 Å². The van der Waals surface area contributed by atoms with Crippen LogP contribution in [0.5, 0.6) is 0 Å². The molecule has 0 aliphatic carbocycles. The van der Waals surface area contributed by atoms with Crippen molar-refractivity contribution in [1.82, 2.24) is 5.16 Å². The fraction of sp³-hybridized carbons (Fsp3) is 0.308. The minimum Gasteiger partial charge on any atom is -0.396 e. The minimum absolute atomic E-state index is 0.0378. The number of oxime groups is 1. The predicted octanol–water partition coefficient (Wildman–Crippen LogP) is 1.84. The van der Waals surface area contributed by atoms with Gasteiger partial charge in [-0.25, -0.2) is 8.60 Å². The van der Waals surface area contributed by atoms with Crippen molar-refractivity contribution in [3.8, 4) is 0 Å². The molecule has 0 saturated carbocycles. The third kappa shape index (κ3) is 2.31. The van der Waals surface area contributed by atoms with Gasteiger partial charge in [0, 0.05) is 12.5 Å². The first-order valence-corrected chi connectivity index (χ1v) is 6.92. The molecule has 1 aromatic carbocycles. The van der Waals surface area contributed by atoms with E-state index in [1.165, 1.54) is 12.1 Å². The third-order valence-corrected chi connectivity index (χ3v) is 3.74. The van der Waals surface area contributed by atoms with Crippen molar-refractivity contribution in [3.63, 3.8) is 0 Å². The lowest BCUT2D eigenvalue weighted by Crippen LogP contribution is -2.23. The summed E-state index contributed by atoms with van der Waals surface area (Å²) in [6, 6.07) is 2.54. The van der Waals surface area contributed by atoms with Crippen LogP contribution in [0.25, 0.3) is 11.0 Å². The van der Waals surface area contributed by atoms with Crippen LogP contribution in [0.1, 0.15) is 26.0 Å². The quantitative estimate of drug-likeness (QED) is 0.519. The molecule has 0 atom stereocenters. The Balaban J connectivity index is 2.11. The smallest absolute Gasteiger partial charge is 0.169 e. The first-order valence-electron chi connectivity index (χ1n) is 6.18. The van der Waals surface area contributed by atoms with Gasteiger partial charge in [-0.3, -0.25) is 0 Å². The van der Waals surface area contributed by atoms with Crippen molar-refractivity contribution in [2.45, 2.75) is 25.9 Å². The summed E-state index contributed by atoms with van der Waals surface area (Å²) in [5.74, 6) is -0.591. The number of nitrogens with zero attached hydrogens (tertiary/aromatic N) is 2. The highest BCUT2D eigenvalue weighted by Crippen LogP contribution is 2.28. The lowest BCUT2D eigenvalue weighted by atomic mass is 9.99. The van der Waals surface area contributed by atoms with Crippen molar-refractivity contribution < 1.29 is 18.0 Å². The monoisotopic (exact) mass is 309 g/mol. The van der Waals surface area contributed by atoms with Crippen molar-refractivity contribution in [2.75, 3.05) is 5.73 Å². The fourth-order valence-corrected chi connectivity index (χ4v) is 2.56. The molecule has 0 bridgehead atoms. The number of aromatic nitrogens is 1. The van der Waals surface area contributed by atoms with E-state index >= 15 is 0 Å². The van der Waals surface area contributed by atoms with Gasteiger partial charge in [0.1, 0.15) is 38.9 Å². The number of benzene rings is 1. The first kappa shape index (κ1) is 13.7. The summed E-state index contributed by atoms with van der Waals surface area (Å²) in [5, 5.41) is 8.15. The number of rotatable bonds is 2. The average Bonchev–Trinajstić information content (AvgIpc) is 2.96. The van der Waals surface area contributed by atoms with E-state index in [-0.39, 0.29) is 27.5 Å². The molecule has 21 heavy (non-hydrogen) atoms. The molecule has 0 radical (unpaired) electrons. The molecule has 2 heterocycles. The highest BCUT2D eigenvalue weighted by molar-refractivity contribution is 7.69. The molecule has 1 aliphatic heterocycles. The second-order valence-corrected chi connectivity index (χ2v) is 5.95. The Morgan fingerprint density at radius 1 is 1.48 bits per heavy atom. The largest absolute Gasteiger partial charge is 0.396 e. The van der Waals surface area contributed by atoms with Crippen LogP contribution < -0.4 is 5.73 Å². The SMILES string of the molecule is CC1(C)CC(C(=S=O)c2noc3cc(N)c(F)cc23)=NO1. The maximum absolute atomic E-state index is 13.6. The lowest BCUT2D eigenvalue weighted by molar-refractivity contribution is 0.0123. The summed E-state index contributed by atoms with van der Waals surface area (Å²) < 4.78 is 30.2. The summed E-state index contributed by atoms with van der Waals surface area (Å²) in [5.41, 5.74) is 6.01. The van der Waals surface area contributed by atoms with E-state index in [4.69, 9.17) is 15.1 Å². The van der Waals surface area contributed by atoms with E-state index in [2.05, 4.69) is 10.3 Å². The highest BCUT2D eigenvalue weighted by Gasteiger charge is 2.33. The molecular formula is C13H12FN3O3S. The van der Waals surface area contributed by atoms with Crippen molar-refractivity contribution in [2.24, 2.45) is 5.16 Å². The van der Waals surface area contributed by atoms with E-state index in [9.17, 15) is 8.60 Å². The zero-order valence-electron chi connectivity index (χ0n) is 11.3. The third-order valence-electron chi connectivity index (χ3n) is 3.15. The predicted molar refractivity (Wildman–Crippen MR) is 77.8 cm³/mol. The molecule has 0 saturated heterocycles. The lowest BCUT2D eigenvalue weighted by Gasteiger charge is -2.13. The zero-order chi connectivity index (χ0) is 15.2. The summed E-state index contributed by atoms with van der Waals surface area (Å²) >= 11 is 0.230. The van der Waals surface area contributed by atoms with Crippen LogP contribution in [-0.4, -0.2) is 25.5 Å². The van der Waals surface area contributed by atoms with Gasteiger partial charge in [0.15, 0.2) is 5.58 Å². The Kier molecular flexibility index (Phi) is 3.05. The Labute approximate surface area is 122 Å². The van der Waals surface area contributed by atoms with Gasteiger partial charge in [-0.1, -0.05) is 10.3 Å². The van der Waals surface area contributed by atoms with Gasteiger partial charge in [0.25, 0.3) is 0 Å². The summed E-state index contributed by atoms with van der Waals surface area (Å²) in [6.45, 7) is 3.72. The minimum atomic E-state index is -0.591. The number of anilines is 1. The molecule has 110 valence electrons. The second-order valence-electron chi connectivity index (χ2n) is 5.38. The second kappa shape index (κ2) is 4.66. The zero-order valence-corrected chi connectivity index (χ0v) is 12.2. The standard InChI is InChI=1S/C13H12FN3O3S/c1-13(2)5-9(16-20-13)12(21-18)11-6-3-7(14)8(15)4-10(6)19-17-11/h3-4H,5,15H2,1-2H3. The summed E-state index contributed by atoms with van der Waals surface area (Å²) in [4.78, 5) is 5.52. The molecule has 0 amide bonds. The Bertz CT molecular complexity index is 821. The van der Waals surface area contributed by atoms with Crippen molar-refractivity contribution >= 4 is 38.5 Å². The number of nitrogen functional groups attached to an aromatic ring is 1. The molecule has 1 aliphatic rings. The molecule has 2 aromatic rings. The van der Waals surface area contributed by atoms with Gasteiger partial charge in [0.05, 0.1) is 11.1 Å². The van der Waals surface area contributed by atoms with Crippen LogP contribution in [-0.2, 0) is 16.1 Å². The van der Waals surface area contributed by atoms with Crippen LogP contribution in [0, 0.1) is 5.82 Å². The van der Waals surface area contributed by atoms with Crippen molar-refractivity contribution in [1.29, 1.82) is 0 Å². The normalized spacial score (nSPS) is 16.6. The number of nitrogens with two attached hydrogens (primary N) is 1. The molecule has 0 fully saturated rings. The fourth-order valence-electron chi connectivity index (χ4n) is 2.13. The number of fused-ring (bicyclic) bond motifs is 1. The van der Waals surface area contributed by atoms with E-state index in [0.29, 0.717) is 23.1 Å². The maximum atomic E-state index is 13.6. The Morgan fingerprint density at radius 2 is 2.24 bits per heavy atom. The maximum Gasteiger partial charge on any atom is 0.169 e. The molecule has 8 heteroatoms. The number of halogens is 1. The van der Waals surface area contributed by atoms with E-state index in [0.717, 1.165) is 0 Å². The molecule has 3 rings (SSSR count). The molecule has 1 aromatic heterocycles. The Morgan fingerprint density at radius 3 is 2.86 bits per heavy atom. The van der Waals surface area contributed by atoms with Crippen LogP contribution >= 0.6 is 0 Å². The topological polar surface area (TPSA) is 90.7 Å². The van der Waals surface area contributed by atoms with Gasteiger partial charge in [-0.05, 0) is 19.9 Å². The van der Waals surface area contributed by atoms with E-state index in [1.54, 1.807) is 0 Å². The number of hydrogen-bond acceptors (Lipinski definition) is 6. The van der Waals surface area contributed by atoms with Crippen molar-refractivity contribution in [3.05, 3.63) is 23.6 Å². The summed E-state index contributed by atoms with van der Waals surface area (Å²) in [7, 11) is 0. The summed E-state index contributed by atoms with van der Waals surface area (Å²) in [6.07, 6.45) is 0.462. The molecule has 0 unspecified atom stereocenters. The first-order chi connectivity index (χ1) is 9.91.